The number of nitrogens with two attached hydrogens (primary N) is 2. The van der Waals surface area contributed by atoms with Gasteiger partial charge in [-0.2, -0.15) is 11.8 Å². The van der Waals surface area contributed by atoms with Crippen molar-refractivity contribution < 1.29 is 8.42 Å². The molecular weight excluding hydrogens is 270 g/mol. The number of primary sulfonamides is 1. The Morgan fingerprint density at radius 3 is 2.67 bits per heavy atom. The number of thioether (sulfide) groups is 1. The quantitative estimate of drug-likeness (QED) is 0.805. The van der Waals surface area contributed by atoms with E-state index in [1.165, 1.54) is 12.1 Å². The van der Waals surface area contributed by atoms with Crippen LogP contribution in [0.2, 0.25) is 0 Å². The zero-order valence-electron chi connectivity index (χ0n) is 10.2. The number of benzene rings is 1. The number of hydrogen-bond donors (Lipinski definition) is 2. The van der Waals surface area contributed by atoms with Gasteiger partial charge < -0.3 is 10.6 Å². The van der Waals surface area contributed by atoms with Crippen molar-refractivity contribution in [3.63, 3.8) is 0 Å². The first-order valence-corrected chi connectivity index (χ1v) is 8.32. The fraction of sp³-hybridized carbons (Fsp3) is 0.455. The zero-order valence-corrected chi connectivity index (χ0v) is 11.8. The Balaban J connectivity index is 2.29. The first kappa shape index (κ1) is 13.5. The number of nitrogen functional groups attached to an aromatic ring is 1. The average Bonchev–Trinajstić information content (AvgIpc) is 2.80. The number of sulfonamides is 1. The van der Waals surface area contributed by atoms with E-state index in [4.69, 9.17) is 10.9 Å². The SMILES string of the molecule is CN(c1ccc(S(N)(=O)=O)cc1N)C1CCSC1. The Bertz CT molecular complexity index is 539. The summed E-state index contributed by atoms with van der Waals surface area (Å²) in [5.41, 5.74) is 7.22. The van der Waals surface area contributed by atoms with Crippen LogP contribution in [0.5, 0.6) is 0 Å². The molecule has 0 amide bonds. The third-order valence-electron chi connectivity index (χ3n) is 3.16. The summed E-state index contributed by atoms with van der Waals surface area (Å²) in [6.07, 6.45) is 1.12. The van der Waals surface area contributed by atoms with Gasteiger partial charge in [0, 0.05) is 18.8 Å². The van der Waals surface area contributed by atoms with Crippen LogP contribution in [-0.2, 0) is 10.0 Å². The summed E-state index contributed by atoms with van der Waals surface area (Å²) in [6.45, 7) is 0. The number of rotatable bonds is 3. The topological polar surface area (TPSA) is 89.4 Å². The molecule has 0 bridgehead atoms. The van der Waals surface area contributed by atoms with Crippen molar-refractivity contribution in [3.05, 3.63) is 18.2 Å². The van der Waals surface area contributed by atoms with Crippen molar-refractivity contribution in [2.24, 2.45) is 5.14 Å². The Morgan fingerprint density at radius 2 is 2.17 bits per heavy atom. The van der Waals surface area contributed by atoms with Crippen molar-refractivity contribution in [1.82, 2.24) is 0 Å². The van der Waals surface area contributed by atoms with Gasteiger partial charge in [0.25, 0.3) is 0 Å². The Hall–Kier alpha value is -0.920. The zero-order chi connectivity index (χ0) is 13.3. The highest BCUT2D eigenvalue weighted by Gasteiger charge is 2.22. The molecule has 100 valence electrons. The van der Waals surface area contributed by atoms with Crippen LogP contribution in [-0.4, -0.2) is 33.0 Å². The summed E-state index contributed by atoms with van der Waals surface area (Å²) < 4.78 is 22.5. The Labute approximate surface area is 112 Å². The average molecular weight is 287 g/mol. The highest BCUT2D eigenvalue weighted by molar-refractivity contribution is 7.99. The smallest absolute Gasteiger partial charge is 0.238 e. The predicted molar refractivity (Wildman–Crippen MR) is 76.4 cm³/mol. The van der Waals surface area contributed by atoms with Crippen LogP contribution in [0.3, 0.4) is 0 Å². The van der Waals surface area contributed by atoms with E-state index in [1.54, 1.807) is 6.07 Å². The molecule has 0 radical (unpaired) electrons. The second-order valence-corrected chi connectivity index (χ2v) is 7.11. The highest BCUT2D eigenvalue weighted by Crippen LogP contribution is 2.30. The molecule has 1 aliphatic heterocycles. The highest BCUT2D eigenvalue weighted by atomic mass is 32.2. The third kappa shape index (κ3) is 2.73. The minimum Gasteiger partial charge on any atom is -0.397 e. The monoisotopic (exact) mass is 287 g/mol. The van der Waals surface area contributed by atoms with Gasteiger partial charge in [0.15, 0.2) is 0 Å². The molecule has 1 aromatic rings. The maximum Gasteiger partial charge on any atom is 0.238 e. The molecule has 0 spiro atoms. The van der Waals surface area contributed by atoms with Gasteiger partial charge in [0.05, 0.1) is 16.3 Å². The maximum atomic E-state index is 11.2. The predicted octanol–water partition coefficient (Wildman–Crippen LogP) is 0.858. The van der Waals surface area contributed by atoms with E-state index in [2.05, 4.69) is 4.90 Å². The molecule has 0 saturated carbocycles. The molecule has 5 nitrogen and oxygen atoms in total. The van der Waals surface area contributed by atoms with E-state index >= 15 is 0 Å². The summed E-state index contributed by atoms with van der Waals surface area (Å²) in [5, 5.41) is 5.07. The van der Waals surface area contributed by atoms with Gasteiger partial charge in [-0.3, -0.25) is 0 Å². The summed E-state index contributed by atoms with van der Waals surface area (Å²) >= 11 is 1.92. The second-order valence-electron chi connectivity index (χ2n) is 4.39. The molecule has 1 atom stereocenters. The third-order valence-corrected chi connectivity index (χ3v) is 5.22. The van der Waals surface area contributed by atoms with Gasteiger partial charge in [-0.1, -0.05) is 0 Å². The maximum absolute atomic E-state index is 11.2. The molecule has 1 saturated heterocycles. The number of hydrogen-bond acceptors (Lipinski definition) is 5. The van der Waals surface area contributed by atoms with Crippen LogP contribution < -0.4 is 15.8 Å². The van der Waals surface area contributed by atoms with Gasteiger partial charge >= 0.3 is 0 Å². The van der Waals surface area contributed by atoms with Crippen molar-refractivity contribution in [3.8, 4) is 0 Å². The Morgan fingerprint density at radius 1 is 1.44 bits per heavy atom. The van der Waals surface area contributed by atoms with E-state index in [1.807, 2.05) is 18.8 Å². The molecule has 1 heterocycles. The van der Waals surface area contributed by atoms with Crippen LogP contribution in [0, 0.1) is 0 Å². The lowest BCUT2D eigenvalue weighted by Crippen LogP contribution is -2.31. The van der Waals surface area contributed by atoms with E-state index < -0.39 is 10.0 Å². The number of anilines is 2. The minimum absolute atomic E-state index is 0.0537. The molecule has 2 rings (SSSR count). The molecule has 1 fully saturated rings. The van der Waals surface area contributed by atoms with Crippen molar-refractivity contribution >= 4 is 33.2 Å². The van der Waals surface area contributed by atoms with E-state index in [-0.39, 0.29) is 4.90 Å². The van der Waals surface area contributed by atoms with Crippen LogP contribution in [0.15, 0.2) is 23.1 Å². The molecule has 0 aliphatic carbocycles. The minimum atomic E-state index is -3.69. The first-order chi connectivity index (χ1) is 8.39. The van der Waals surface area contributed by atoms with Crippen molar-refractivity contribution in [2.45, 2.75) is 17.4 Å². The molecule has 7 heteroatoms. The van der Waals surface area contributed by atoms with Gasteiger partial charge in [-0.15, -0.1) is 0 Å². The lowest BCUT2D eigenvalue weighted by molar-refractivity contribution is 0.598. The van der Waals surface area contributed by atoms with Crippen LogP contribution in [0.4, 0.5) is 11.4 Å². The summed E-state index contributed by atoms with van der Waals surface area (Å²) in [4.78, 5) is 2.17. The van der Waals surface area contributed by atoms with Crippen molar-refractivity contribution in [2.75, 3.05) is 29.2 Å². The lowest BCUT2D eigenvalue weighted by atomic mass is 10.2. The molecule has 1 aromatic carbocycles. The van der Waals surface area contributed by atoms with E-state index in [0.29, 0.717) is 11.7 Å². The fourth-order valence-corrected chi connectivity index (χ4v) is 3.87. The van der Waals surface area contributed by atoms with E-state index in [0.717, 1.165) is 23.6 Å². The van der Waals surface area contributed by atoms with E-state index in [9.17, 15) is 8.42 Å². The second kappa shape index (κ2) is 4.99. The first-order valence-electron chi connectivity index (χ1n) is 5.62. The molecular formula is C11H17N3O2S2. The molecule has 0 aromatic heterocycles. The van der Waals surface area contributed by atoms with Gasteiger partial charge in [-0.05, 0) is 30.4 Å². The van der Waals surface area contributed by atoms with Crippen LogP contribution >= 0.6 is 11.8 Å². The van der Waals surface area contributed by atoms with Crippen LogP contribution in [0.25, 0.3) is 0 Å². The van der Waals surface area contributed by atoms with Gasteiger partial charge in [0.1, 0.15) is 0 Å². The summed E-state index contributed by atoms with van der Waals surface area (Å²) in [5.74, 6) is 2.23. The largest absolute Gasteiger partial charge is 0.397 e. The van der Waals surface area contributed by atoms with Crippen LogP contribution in [0.1, 0.15) is 6.42 Å². The summed E-state index contributed by atoms with van der Waals surface area (Å²) in [7, 11) is -1.70. The molecule has 1 aliphatic rings. The van der Waals surface area contributed by atoms with Gasteiger partial charge in [0.2, 0.25) is 10.0 Å². The molecule has 4 N–H and O–H groups in total. The standard InChI is InChI=1S/C11H17N3O2S2/c1-14(8-4-5-17-7-8)11-3-2-9(6-10(11)12)18(13,15)16/h2-3,6,8H,4-5,7,12H2,1H3,(H2,13,15,16). The summed E-state index contributed by atoms with van der Waals surface area (Å²) in [6, 6.07) is 5.10. The Kier molecular flexibility index (Phi) is 3.74. The number of nitrogens with zero attached hydrogens (tertiary/aromatic N) is 1. The lowest BCUT2D eigenvalue weighted by Gasteiger charge is -2.27. The molecule has 18 heavy (non-hydrogen) atoms. The van der Waals surface area contributed by atoms with Gasteiger partial charge in [-0.25, -0.2) is 13.6 Å². The normalized spacial score (nSPS) is 20.0. The fourth-order valence-electron chi connectivity index (χ4n) is 2.06. The molecule has 1 unspecified atom stereocenters. The van der Waals surface area contributed by atoms with Crippen molar-refractivity contribution in [1.29, 1.82) is 0 Å².